The lowest BCUT2D eigenvalue weighted by molar-refractivity contribution is 0.694. The summed E-state index contributed by atoms with van der Waals surface area (Å²) in [6.45, 7) is 0.531. The molecule has 1 aliphatic carbocycles. The SMILES string of the molecule is O=c1[nH]cc(CCNc2nccc(C3CCCC3)n2)c(=O)[nH]1. The molecule has 0 spiro atoms. The number of hydrogen-bond donors (Lipinski definition) is 3. The highest BCUT2D eigenvalue weighted by atomic mass is 16.2. The summed E-state index contributed by atoms with van der Waals surface area (Å²) in [5.41, 5.74) is 0.774. The van der Waals surface area contributed by atoms with Crippen LogP contribution in [0.25, 0.3) is 0 Å². The maximum absolute atomic E-state index is 11.6. The summed E-state index contributed by atoms with van der Waals surface area (Å²) in [6, 6.07) is 1.98. The summed E-state index contributed by atoms with van der Waals surface area (Å²) in [4.78, 5) is 36.0. The molecule has 1 aliphatic rings. The van der Waals surface area contributed by atoms with Gasteiger partial charge in [0.15, 0.2) is 0 Å². The van der Waals surface area contributed by atoms with Gasteiger partial charge in [0, 0.05) is 36.1 Å². The van der Waals surface area contributed by atoms with Crippen molar-refractivity contribution in [3.63, 3.8) is 0 Å². The van der Waals surface area contributed by atoms with Gasteiger partial charge in [-0.05, 0) is 25.3 Å². The number of H-pyrrole nitrogens is 2. The molecule has 22 heavy (non-hydrogen) atoms. The van der Waals surface area contributed by atoms with E-state index in [0.717, 1.165) is 5.69 Å². The van der Waals surface area contributed by atoms with Gasteiger partial charge in [-0.2, -0.15) is 0 Å². The fourth-order valence-electron chi connectivity index (χ4n) is 2.84. The Morgan fingerprint density at radius 3 is 2.86 bits per heavy atom. The first-order valence-electron chi connectivity index (χ1n) is 7.60. The van der Waals surface area contributed by atoms with Crippen LogP contribution in [0.5, 0.6) is 0 Å². The standard InChI is InChI=1S/C15H19N5O2/c21-13-11(9-18-15(22)20-13)5-7-16-14-17-8-6-12(19-14)10-3-1-2-4-10/h6,8-10H,1-5,7H2,(H,16,17,19)(H2,18,20,21,22). The van der Waals surface area contributed by atoms with E-state index >= 15 is 0 Å². The fraction of sp³-hybridized carbons (Fsp3) is 0.467. The molecule has 0 aromatic carbocycles. The van der Waals surface area contributed by atoms with E-state index in [-0.39, 0.29) is 5.56 Å². The van der Waals surface area contributed by atoms with E-state index in [0.29, 0.717) is 30.4 Å². The highest BCUT2D eigenvalue weighted by Crippen LogP contribution is 2.32. The Bertz CT molecular complexity index is 746. The van der Waals surface area contributed by atoms with Crippen molar-refractivity contribution in [3.8, 4) is 0 Å². The molecule has 2 aromatic heterocycles. The van der Waals surface area contributed by atoms with Crippen molar-refractivity contribution in [2.45, 2.75) is 38.0 Å². The molecule has 1 fully saturated rings. The molecule has 0 unspecified atom stereocenters. The van der Waals surface area contributed by atoms with Gasteiger partial charge in [-0.25, -0.2) is 14.8 Å². The first-order chi connectivity index (χ1) is 10.7. The summed E-state index contributed by atoms with van der Waals surface area (Å²) in [7, 11) is 0. The smallest absolute Gasteiger partial charge is 0.325 e. The molecule has 2 aromatic rings. The van der Waals surface area contributed by atoms with Gasteiger partial charge in [-0.15, -0.1) is 0 Å². The Morgan fingerprint density at radius 1 is 1.27 bits per heavy atom. The number of aromatic nitrogens is 4. The molecule has 7 nitrogen and oxygen atoms in total. The molecule has 0 amide bonds. The molecule has 2 heterocycles. The van der Waals surface area contributed by atoms with Crippen molar-refractivity contribution in [3.05, 3.63) is 50.6 Å². The molecular formula is C15H19N5O2. The highest BCUT2D eigenvalue weighted by Gasteiger charge is 2.18. The summed E-state index contributed by atoms with van der Waals surface area (Å²) < 4.78 is 0. The van der Waals surface area contributed by atoms with Crippen LogP contribution in [0.1, 0.15) is 42.9 Å². The molecule has 0 bridgehead atoms. The first-order valence-corrected chi connectivity index (χ1v) is 7.60. The van der Waals surface area contributed by atoms with Gasteiger partial charge in [-0.1, -0.05) is 12.8 Å². The summed E-state index contributed by atoms with van der Waals surface area (Å²) in [6.07, 6.45) is 8.64. The van der Waals surface area contributed by atoms with Gasteiger partial charge in [0.2, 0.25) is 5.95 Å². The predicted molar refractivity (Wildman–Crippen MR) is 83.1 cm³/mol. The third-order valence-electron chi connectivity index (χ3n) is 4.02. The van der Waals surface area contributed by atoms with Crippen molar-refractivity contribution < 1.29 is 0 Å². The second-order valence-corrected chi connectivity index (χ2v) is 5.56. The van der Waals surface area contributed by atoms with Crippen LogP contribution in [0.4, 0.5) is 5.95 Å². The van der Waals surface area contributed by atoms with Crippen molar-refractivity contribution in [1.29, 1.82) is 0 Å². The van der Waals surface area contributed by atoms with Crippen molar-refractivity contribution in [2.24, 2.45) is 0 Å². The lowest BCUT2D eigenvalue weighted by atomic mass is 10.0. The summed E-state index contributed by atoms with van der Waals surface area (Å²) >= 11 is 0. The lowest BCUT2D eigenvalue weighted by Crippen LogP contribution is -2.25. The van der Waals surface area contributed by atoms with Crippen molar-refractivity contribution in [1.82, 2.24) is 19.9 Å². The number of anilines is 1. The molecule has 0 atom stereocenters. The van der Waals surface area contributed by atoms with Crippen LogP contribution in [0.15, 0.2) is 28.0 Å². The Morgan fingerprint density at radius 2 is 2.09 bits per heavy atom. The average Bonchev–Trinajstić information content (AvgIpc) is 3.04. The van der Waals surface area contributed by atoms with E-state index in [2.05, 4.69) is 25.3 Å². The van der Waals surface area contributed by atoms with E-state index in [9.17, 15) is 9.59 Å². The molecule has 116 valence electrons. The zero-order chi connectivity index (χ0) is 15.4. The van der Waals surface area contributed by atoms with E-state index in [1.807, 2.05) is 6.07 Å². The van der Waals surface area contributed by atoms with Crippen LogP contribution in [0, 0.1) is 0 Å². The largest absolute Gasteiger partial charge is 0.354 e. The summed E-state index contributed by atoms with van der Waals surface area (Å²) in [5.74, 6) is 1.14. The number of nitrogens with zero attached hydrogens (tertiary/aromatic N) is 2. The monoisotopic (exact) mass is 301 g/mol. The molecule has 0 aliphatic heterocycles. The van der Waals surface area contributed by atoms with Gasteiger partial charge < -0.3 is 10.3 Å². The van der Waals surface area contributed by atoms with Crippen molar-refractivity contribution >= 4 is 5.95 Å². The van der Waals surface area contributed by atoms with Crippen LogP contribution in [-0.4, -0.2) is 26.5 Å². The molecule has 0 saturated heterocycles. The Labute approximate surface area is 127 Å². The topological polar surface area (TPSA) is 104 Å². The molecule has 7 heteroatoms. The van der Waals surface area contributed by atoms with Gasteiger partial charge in [0.25, 0.3) is 5.56 Å². The molecule has 3 N–H and O–H groups in total. The Hall–Kier alpha value is -2.44. The quantitative estimate of drug-likeness (QED) is 0.769. The zero-order valence-electron chi connectivity index (χ0n) is 12.3. The molecule has 3 rings (SSSR count). The normalized spacial score (nSPS) is 15.1. The summed E-state index contributed by atoms with van der Waals surface area (Å²) in [5, 5.41) is 3.13. The number of hydrogen-bond acceptors (Lipinski definition) is 5. The van der Waals surface area contributed by atoms with Gasteiger partial charge >= 0.3 is 5.69 Å². The molecular weight excluding hydrogens is 282 g/mol. The van der Waals surface area contributed by atoms with Crippen LogP contribution < -0.4 is 16.6 Å². The van der Waals surface area contributed by atoms with Gasteiger partial charge in [0.05, 0.1) is 0 Å². The Kier molecular flexibility index (Phi) is 4.32. The van der Waals surface area contributed by atoms with Crippen LogP contribution in [-0.2, 0) is 6.42 Å². The minimum absolute atomic E-state index is 0.355. The van der Waals surface area contributed by atoms with Crippen LogP contribution in [0.3, 0.4) is 0 Å². The first kappa shape index (κ1) is 14.5. The number of rotatable bonds is 5. The average molecular weight is 301 g/mol. The lowest BCUT2D eigenvalue weighted by Gasteiger charge is -2.10. The minimum atomic E-state index is -0.491. The van der Waals surface area contributed by atoms with E-state index in [1.165, 1.54) is 31.9 Å². The second kappa shape index (κ2) is 6.55. The molecule has 1 saturated carbocycles. The second-order valence-electron chi connectivity index (χ2n) is 5.56. The maximum atomic E-state index is 11.6. The molecule has 0 radical (unpaired) electrons. The highest BCUT2D eigenvalue weighted by molar-refractivity contribution is 5.27. The number of nitrogens with one attached hydrogen (secondary N) is 3. The zero-order valence-corrected chi connectivity index (χ0v) is 12.3. The van der Waals surface area contributed by atoms with Crippen molar-refractivity contribution in [2.75, 3.05) is 11.9 Å². The third kappa shape index (κ3) is 3.41. The minimum Gasteiger partial charge on any atom is -0.354 e. The van der Waals surface area contributed by atoms with Crippen LogP contribution in [0.2, 0.25) is 0 Å². The van der Waals surface area contributed by atoms with Gasteiger partial charge in [-0.3, -0.25) is 9.78 Å². The van der Waals surface area contributed by atoms with Crippen LogP contribution >= 0.6 is 0 Å². The third-order valence-corrected chi connectivity index (χ3v) is 4.02. The van der Waals surface area contributed by atoms with Gasteiger partial charge in [0.1, 0.15) is 0 Å². The van der Waals surface area contributed by atoms with E-state index in [1.54, 1.807) is 6.20 Å². The predicted octanol–water partition coefficient (Wildman–Crippen LogP) is 1.17. The maximum Gasteiger partial charge on any atom is 0.325 e. The van der Waals surface area contributed by atoms with E-state index in [4.69, 9.17) is 0 Å². The number of aromatic amines is 2. The van der Waals surface area contributed by atoms with E-state index < -0.39 is 5.69 Å². The Balaban J connectivity index is 1.60. The fourth-order valence-corrected chi connectivity index (χ4v) is 2.84.